The van der Waals surface area contributed by atoms with Crippen LogP contribution >= 0.6 is 0 Å². The summed E-state index contributed by atoms with van der Waals surface area (Å²) in [6.07, 6.45) is 15.8. The molecule has 2 amide bonds. The average Bonchev–Trinajstić information content (AvgIpc) is 3.06. The molecule has 0 aliphatic rings. The van der Waals surface area contributed by atoms with Crippen LogP contribution in [0.5, 0.6) is 11.8 Å². The summed E-state index contributed by atoms with van der Waals surface area (Å²) in [5, 5.41) is 24.6. The predicted molar refractivity (Wildman–Crippen MR) is 121 cm³/mol. The van der Waals surface area contributed by atoms with Gasteiger partial charge in [-0.3, -0.25) is 0 Å². The topological polar surface area (TPSA) is 113 Å². The molecule has 1 rings (SSSR count). The van der Waals surface area contributed by atoms with Gasteiger partial charge in [0.2, 0.25) is 11.8 Å². The molecule has 0 radical (unpaired) electrons. The van der Waals surface area contributed by atoms with E-state index in [1.165, 1.54) is 12.1 Å². The zero-order valence-corrected chi connectivity index (χ0v) is 18.8. The van der Waals surface area contributed by atoms with E-state index in [4.69, 9.17) is 4.84 Å². The van der Waals surface area contributed by atoms with Gasteiger partial charge in [0, 0.05) is 31.6 Å². The Morgan fingerprint density at radius 3 is 2.03 bits per heavy atom. The molecule has 31 heavy (non-hydrogen) atoms. The number of nitrogens with one attached hydrogen (secondary N) is 2. The molecule has 0 aromatic carbocycles. The highest BCUT2D eigenvalue weighted by Gasteiger charge is 2.11. The number of aromatic nitrogens is 1. The van der Waals surface area contributed by atoms with Gasteiger partial charge in [-0.15, -0.1) is 4.73 Å². The summed E-state index contributed by atoms with van der Waals surface area (Å²) >= 11 is 0. The molecule has 0 atom stereocenters. The highest BCUT2D eigenvalue weighted by Crippen LogP contribution is 2.19. The molecule has 0 aliphatic carbocycles. The Bertz CT molecular complexity index is 638. The van der Waals surface area contributed by atoms with Gasteiger partial charge in [-0.1, -0.05) is 44.8 Å². The summed E-state index contributed by atoms with van der Waals surface area (Å²) in [5.41, 5.74) is 0. The van der Waals surface area contributed by atoms with Crippen LogP contribution in [-0.4, -0.2) is 40.0 Å². The molecule has 176 valence electrons. The number of amides is 2. The van der Waals surface area contributed by atoms with Gasteiger partial charge in [-0.05, 0) is 44.9 Å². The third-order valence-corrected chi connectivity index (χ3v) is 4.81. The van der Waals surface area contributed by atoms with Crippen molar-refractivity contribution in [2.75, 3.05) is 13.1 Å². The summed E-state index contributed by atoms with van der Waals surface area (Å²) in [7, 11) is 0. The molecule has 0 fully saturated rings. The Morgan fingerprint density at radius 1 is 0.871 bits per heavy atom. The van der Waals surface area contributed by atoms with E-state index in [1.807, 2.05) is 0 Å². The Labute approximate surface area is 185 Å². The largest absolute Gasteiger partial charge is 0.492 e. The third-order valence-electron chi connectivity index (χ3n) is 4.81. The number of nitrogens with zero attached hydrogens (tertiary/aromatic N) is 1. The second kappa shape index (κ2) is 17.1. The van der Waals surface area contributed by atoms with Crippen molar-refractivity contribution in [1.29, 1.82) is 0 Å². The number of unbranched alkanes of at least 4 members (excludes halogenated alkanes) is 8. The first-order chi connectivity index (χ1) is 15.0. The molecule has 1 aromatic rings. The third kappa shape index (κ3) is 13.3. The maximum absolute atomic E-state index is 11.7. The van der Waals surface area contributed by atoms with Gasteiger partial charge in [-0.25, -0.2) is 9.59 Å². The van der Waals surface area contributed by atoms with E-state index < -0.39 is 5.97 Å². The molecule has 8 nitrogen and oxygen atoms in total. The zero-order chi connectivity index (χ0) is 22.7. The molecule has 8 heteroatoms. The monoisotopic (exact) mass is 437 g/mol. The molecule has 0 saturated carbocycles. The second-order valence-corrected chi connectivity index (χ2v) is 7.62. The lowest BCUT2D eigenvalue weighted by Crippen LogP contribution is -2.36. The standard InChI is InChI=1S/C23H39N3O5/c1-2-3-13-18-24-23(30)25-19-14-11-9-7-5-4-6-8-10-12-15-22(29)31-26-20(27)16-17-21(26)28/h5,7,16-17,27-28H,2-4,6,8-15,18-19H2,1H3,(H2,24,25,30). The number of rotatable bonds is 17. The summed E-state index contributed by atoms with van der Waals surface area (Å²) in [6.45, 7) is 3.60. The van der Waals surface area contributed by atoms with Crippen molar-refractivity contribution >= 4 is 12.0 Å². The molecule has 0 aliphatic heterocycles. The number of aromatic hydroxyl groups is 2. The zero-order valence-electron chi connectivity index (χ0n) is 18.8. The van der Waals surface area contributed by atoms with E-state index in [1.54, 1.807) is 0 Å². The SMILES string of the molecule is CCCCCNC(=O)NCCCCC=CCCCCCCC(=O)On1c(O)ccc1O. The molecule has 0 bridgehead atoms. The summed E-state index contributed by atoms with van der Waals surface area (Å²) in [6, 6.07) is 2.44. The number of carbonyl (C=O) groups excluding carboxylic acids is 2. The fourth-order valence-electron chi connectivity index (χ4n) is 2.99. The highest BCUT2D eigenvalue weighted by atomic mass is 16.7. The quantitative estimate of drug-likeness (QED) is 0.213. The highest BCUT2D eigenvalue weighted by molar-refractivity contribution is 5.73. The normalized spacial score (nSPS) is 11.0. The Kier molecular flexibility index (Phi) is 14.5. The van der Waals surface area contributed by atoms with Crippen molar-refractivity contribution in [2.24, 2.45) is 0 Å². The lowest BCUT2D eigenvalue weighted by molar-refractivity contribution is -0.145. The van der Waals surface area contributed by atoms with Gasteiger partial charge in [0.05, 0.1) is 0 Å². The van der Waals surface area contributed by atoms with Crippen molar-refractivity contribution in [3.05, 3.63) is 24.3 Å². The fourth-order valence-corrected chi connectivity index (χ4v) is 2.99. The van der Waals surface area contributed by atoms with Crippen LogP contribution in [-0.2, 0) is 4.79 Å². The molecule has 0 spiro atoms. The summed E-state index contributed by atoms with van der Waals surface area (Å²) < 4.78 is 0.715. The number of allylic oxidation sites excluding steroid dienone is 2. The Morgan fingerprint density at radius 2 is 1.42 bits per heavy atom. The summed E-state index contributed by atoms with van der Waals surface area (Å²) in [5.74, 6) is -1.10. The van der Waals surface area contributed by atoms with Crippen molar-refractivity contribution in [1.82, 2.24) is 15.4 Å². The number of carbonyl (C=O) groups is 2. The van der Waals surface area contributed by atoms with E-state index in [-0.39, 0.29) is 24.2 Å². The van der Waals surface area contributed by atoms with Gasteiger partial charge in [0.1, 0.15) is 0 Å². The van der Waals surface area contributed by atoms with Gasteiger partial charge < -0.3 is 25.7 Å². The molecular weight excluding hydrogens is 398 g/mol. The van der Waals surface area contributed by atoms with Crippen LogP contribution in [0.3, 0.4) is 0 Å². The first-order valence-corrected chi connectivity index (χ1v) is 11.5. The number of hydrogen-bond donors (Lipinski definition) is 4. The fraction of sp³-hybridized carbons (Fsp3) is 0.652. The lowest BCUT2D eigenvalue weighted by Gasteiger charge is -2.06. The van der Waals surface area contributed by atoms with E-state index in [0.29, 0.717) is 17.7 Å². The maximum atomic E-state index is 11.7. The van der Waals surface area contributed by atoms with E-state index in [0.717, 1.165) is 70.8 Å². The minimum atomic E-state index is -0.481. The molecular formula is C23H39N3O5. The molecule has 1 heterocycles. The second-order valence-electron chi connectivity index (χ2n) is 7.62. The first kappa shape index (κ1) is 26.4. The smallest absolute Gasteiger partial charge is 0.333 e. The van der Waals surface area contributed by atoms with E-state index in [9.17, 15) is 19.8 Å². The van der Waals surface area contributed by atoms with Crippen LogP contribution in [0.2, 0.25) is 0 Å². The van der Waals surface area contributed by atoms with Crippen LogP contribution < -0.4 is 15.5 Å². The van der Waals surface area contributed by atoms with Gasteiger partial charge in [0.25, 0.3) is 0 Å². The Balaban J connectivity index is 1.88. The van der Waals surface area contributed by atoms with Gasteiger partial charge in [-0.2, -0.15) is 0 Å². The molecule has 0 saturated heterocycles. The lowest BCUT2D eigenvalue weighted by atomic mass is 10.1. The van der Waals surface area contributed by atoms with Crippen molar-refractivity contribution < 1.29 is 24.6 Å². The average molecular weight is 438 g/mol. The van der Waals surface area contributed by atoms with Crippen molar-refractivity contribution in [2.45, 2.75) is 84.0 Å². The summed E-state index contributed by atoms with van der Waals surface area (Å²) in [4.78, 5) is 28.1. The van der Waals surface area contributed by atoms with Crippen LogP contribution in [0.4, 0.5) is 4.79 Å². The van der Waals surface area contributed by atoms with Crippen LogP contribution in [0, 0.1) is 0 Å². The number of hydrogen-bond acceptors (Lipinski definition) is 5. The van der Waals surface area contributed by atoms with E-state index in [2.05, 4.69) is 29.7 Å². The van der Waals surface area contributed by atoms with Crippen LogP contribution in [0.25, 0.3) is 0 Å². The minimum absolute atomic E-state index is 0.0686. The number of urea groups is 1. The molecule has 4 N–H and O–H groups in total. The first-order valence-electron chi connectivity index (χ1n) is 11.5. The van der Waals surface area contributed by atoms with Gasteiger partial charge in [0.15, 0.2) is 0 Å². The van der Waals surface area contributed by atoms with Crippen LogP contribution in [0.15, 0.2) is 24.3 Å². The van der Waals surface area contributed by atoms with Crippen LogP contribution in [0.1, 0.15) is 84.0 Å². The van der Waals surface area contributed by atoms with Gasteiger partial charge >= 0.3 is 12.0 Å². The maximum Gasteiger partial charge on any atom is 0.333 e. The molecule has 1 aromatic heterocycles. The molecule has 0 unspecified atom stereocenters. The predicted octanol–water partition coefficient (Wildman–Crippen LogP) is 4.41. The Hall–Kier alpha value is -2.64. The van der Waals surface area contributed by atoms with Crippen molar-refractivity contribution in [3.63, 3.8) is 0 Å². The van der Waals surface area contributed by atoms with E-state index >= 15 is 0 Å². The van der Waals surface area contributed by atoms with Crippen molar-refractivity contribution in [3.8, 4) is 11.8 Å². The minimum Gasteiger partial charge on any atom is -0.492 e.